The third kappa shape index (κ3) is 4.40. The molecule has 32 heavy (non-hydrogen) atoms. The molecule has 0 heterocycles. The molecule has 0 bridgehead atoms. The predicted molar refractivity (Wildman–Crippen MR) is 138 cm³/mol. The zero-order valence-electron chi connectivity index (χ0n) is 18.3. The molecule has 0 N–H and O–H groups in total. The van der Waals surface area contributed by atoms with Crippen LogP contribution in [0.15, 0.2) is 127 Å². The molecule has 1 aliphatic rings. The molecule has 0 amide bonds. The molecular formula is C32H26. The van der Waals surface area contributed by atoms with E-state index in [-0.39, 0.29) is 0 Å². The summed E-state index contributed by atoms with van der Waals surface area (Å²) >= 11 is 0. The lowest BCUT2D eigenvalue weighted by molar-refractivity contribution is 1.40. The first-order valence-electron chi connectivity index (χ1n) is 11.2. The Balaban J connectivity index is 1.33. The van der Waals surface area contributed by atoms with Crippen molar-refractivity contribution >= 4 is 5.57 Å². The molecule has 0 atom stereocenters. The van der Waals surface area contributed by atoms with Crippen LogP contribution in [-0.2, 0) is 0 Å². The normalized spacial score (nSPS) is 13.0. The van der Waals surface area contributed by atoms with Crippen LogP contribution in [0.2, 0.25) is 0 Å². The molecule has 154 valence electrons. The van der Waals surface area contributed by atoms with E-state index in [2.05, 4.69) is 134 Å². The van der Waals surface area contributed by atoms with Crippen LogP contribution in [0.25, 0.3) is 39.0 Å². The van der Waals surface area contributed by atoms with Gasteiger partial charge in [0, 0.05) is 0 Å². The highest BCUT2D eigenvalue weighted by atomic mass is 14.1. The fourth-order valence-electron chi connectivity index (χ4n) is 4.10. The van der Waals surface area contributed by atoms with Gasteiger partial charge in [0.2, 0.25) is 0 Å². The number of allylic oxidation sites excluding steroid dienone is 6. The van der Waals surface area contributed by atoms with E-state index in [1.54, 1.807) is 0 Å². The first-order chi connectivity index (χ1) is 15.8. The van der Waals surface area contributed by atoms with E-state index in [1.165, 1.54) is 50.1 Å². The second-order valence-corrected chi connectivity index (χ2v) is 8.28. The molecule has 0 nitrogen and oxygen atoms in total. The Morgan fingerprint density at radius 2 is 0.812 bits per heavy atom. The van der Waals surface area contributed by atoms with Crippen molar-refractivity contribution in [3.63, 3.8) is 0 Å². The first kappa shape index (κ1) is 20.0. The highest BCUT2D eigenvalue weighted by Gasteiger charge is 2.04. The number of hydrogen-bond acceptors (Lipinski definition) is 0. The van der Waals surface area contributed by atoms with E-state index in [0.717, 1.165) is 6.42 Å². The van der Waals surface area contributed by atoms with Crippen molar-refractivity contribution < 1.29 is 0 Å². The minimum Gasteiger partial charge on any atom is -0.0807 e. The monoisotopic (exact) mass is 410 g/mol. The summed E-state index contributed by atoms with van der Waals surface area (Å²) in [5, 5.41) is 0. The van der Waals surface area contributed by atoms with Gasteiger partial charge in [0.05, 0.1) is 0 Å². The Hall–Kier alpha value is -3.90. The summed E-state index contributed by atoms with van der Waals surface area (Å²) in [6, 6.07) is 35.3. The maximum atomic E-state index is 2.27. The maximum absolute atomic E-state index is 2.27. The highest BCUT2D eigenvalue weighted by Crippen LogP contribution is 2.29. The minimum absolute atomic E-state index is 0.984. The van der Waals surface area contributed by atoms with Gasteiger partial charge in [0.15, 0.2) is 0 Å². The summed E-state index contributed by atoms with van der Waals surface area (Å²) < 4.78 is 0. The fourth-order valence-corrected chi connectivity index (χ4v) is 4.10. The summed E-state index contributed by atoms with van der Waals surface area (Å²) in [4.78, 5) is 0. The largest absolute Gasteiger partial charge is 0.0807 e. The molecule has 5 rings (SSSR count). The summed E-state index contributed by atoms with van der Waals surface area (Å²) in [5.74, 6) is 0. The molecule has 0 aromatic heterocycles. The number of aryl methyl sites for hydroxylation is 1. The average Bonchev–Trinajstić information content (AvgIpc) is 3.15. The molecular weight excluding hydrogens is 384 g/mol. The van der Waals surface area contributed by atoms with Crippen LogP contribution in [0.5, 0.6) is 0 Å². The van der Waals surface area contributed by atoms with Crippen LogP contribution in [-0.4, -0.2) is 0 Å². The molecule has 0 heteroatoms. The smallest absolute Gasteiger partial charge is 0.0157 e. The van der Waals surface area contributed by atoms with Crippen LogP contribution < -0.4 is 0 Å². The predicted octanol–water partition coefficient (Wildman–Crippen LogP) is 8.90. The lowest BCUT2D eigenvalue weighted by atomic mass is 9.96. The Morgan fingerprint density at radius 3 is 1.25 bits per heavy atom. The summed E-state index contributed by atoms with van der Waals surface area (Å²) in [5.41, 5.74) is 11.3. The lowest BCUT2D eigenvalue weighted by Gasteiger charge is -2.08. The van der Waals surface area contributed by atoms with Gasteiger partial charge in [0.1, 0.15) is 0 Å². The number of benzene rings is 4. The van der Waals surface area contributed by atoms with Crippen LogP contribution in [0.1, 0.15) is 17.5 Å². The number of hydrogen-bond donors (Lipinski definition) is 0. The number of rotatable bonds is 4. The molecule has 0 fully saturated rings. The van der Waals surface area contributed by atoms with E-state index in [4.69, 9.17) is 0 Å². The molecule has 0 saturated carbocycles. The Morgan fingerprint density at radius 1 is 0.438 bits per heavy atom. The summed E-state index contributed by atoms with van der Waals surface area (Å²) in [6.07, 6.45) is 11.8. The van der Waals surface area contributed by atoms with E-state index in [0.29, 0.717) is 0 Å². The standard InChI is InChI=1S/C32H26/c1-24-8-10-26(11-9-24)28-16-18-30(19-17-28)32-22-20-31(21-23-32)29-14-12-27(13-15-29)25-6-4-2-3-5-7-25/h2-4,6-23H,5H2,1H3. The van der Waals surface area contributed by atoms with Crippen molar-refractivity contribution in [2.75, 3.05) is 0 Å². The van der Waals surface area contributed by atoms with Crippen molar-refractivity contribution in [3.8, 4) is 33.4 Å². The zero-order chi connectivity index (χ0) is 21.8. The van der Waals surface area contributed by atoms with Gasteiger partial charge < -0.3 is 0 Å². The fraction of sp³-hybridized carbons (Fsp3) is 0.0625. The molecule has 4 aromatic rings. The van der Waals surface area contributed by atoms with Crippen molar-refractivity contribution in [1.82, 2.24) is 0 Å². The van der Waals surface area contributed by atoms with Gasteiger partial charge in [-0.25, -0.2) is 0 Å². The van der Waals surface area contributed by atoms with Gasteiger partial charge in [0.25, 0.3) is 0 Å². The Labute approximate surface area is 190 Å². The zero-order valence-corrected chi connectivity index (χ0v) is 18.3. The van der Waals surface area contributed by atoms with Gasteiger partial charge in [-0.2, -0.15) is 0 Å². The van der Waals surface area contributed by atoms with Gasteiger partial charge in [-0.3, -0.25) is 0 Å². The van der Waals surface area contributed by atoms with Crippen molar-refractivity contribution in [3.05, 3.63) is 139 Å². The molecule has 0 unspecified atom stereocenters. The van der Waals surface area contributed by atoms with Crippen LogP contribution >= 0.6 is 0 Å². The quantitative estimate of drug-likeness (QED) is 0.315. The summed E-state index contributed by atoms with van der Waals surface area (Å²) in [6.45, 7) is 2.12. The molecule has 4 aromatic carbocycles. The average molecular weight is 411 g/mol. The van der Waals surface area contributed by atoms with Gasteiger partial charge >= 0.3 is 0 Å². The second-order valence-electron chi connectivity index (χ2n) is 8.28. The van der Waals surface area contributed by atoms with Gasteiger partial charge in [-0.1, -0.05) is 133 Å². The minimum atomic E-state index is 0.984. The van der Waals surface area contributed by atoms with E-state index >= 15 is 0 Å². The highest BCUT2D eigenvalue weighted by molar-refractivity contribution is 5.78. The lowest BCUT2D eigenvalue weighted by Crippen LogP contribution is -1.84. The molecule has 0 aliphatic heterocycles. The van der Waals surface area contributed by atoms with Crippen molar-refractivity contribution in [1.29, 1.82) is 0 Å². The van der Waals surface area contributed by atoms with Crippen molar-refractivity contribution in [2.45, 2.75) is 13.3 Å². The first-order valence-corrected chi connectivity index (χ1v) is 11.2. The van der Waals surface area contributed by atoms with Crippen LogP contribution in [0, 0.1) is 6.92 Å². The molecule has 0 saturated heterocycles. The van der Waals surface area contributed by atoms with Crippen LogP contribution in [0.4, 0.5) is 0 Å². The van der Waals surface area contributed by atoms with Crippen LogP contribution in [0.3, 0.4) is 0 Å². The van der Waals surface area contributed by atoms with E-state index in [9.17, 15) is 0 Å². The third-order valence-electron chi connectivity index (χ3n) is 6.04. The van der Waals surface area contributed by atoms with Crippen molar-refractivity contribution in [2.24, 2.45) is 0 Å². The topological polar surface area (TPSA) is 0 Å². The Bertz CT molecular complexity index is 1280. The molecule has 0 radical (unpaired) electrons. The molecule has 1 aliphatic carbocycles. The second kappa shape index (κ2) is 9.08. The van der Waals surface area contributed by atoms with Gasteiger partial charge in [-0.15, -0.1) is 0 Å². The van der Waals surface area contributed by atoms with Gasteiger partial charge in [-0.05, 0) is 57.9 Å². The Kier molecular flexibility index (Phi) is 5.68. The van der Waals surface area contributed by atoms with E-state index < -0.39 is 0 Å². The van der Waals surface area contributed by atoms with E-state index in [1.807, 2.05) is 0 Å². The SMILES string of the molecule is Cc1ccc(-c2ccc(-c3ccc(-c4ccc(C5=CCC=CC=C5)cc4)cc3)cc2)cc1. The summed E-state index contributed by atoms with van der Waals surface area (Å²) in [7, 11) is 0. The third-order valence-corrected chi connectivity index (χ3v) is 6.04. The maximum Gasteiger partial charge on any atom is -0.0157 e. The molecule has 0 spiro atoms.